The van der Waals surface area contributed by atoms with Gasteiger partial charge in [0.2, 0.25) is 5.91 Å². The molecule has 0 saturated heterocycles. The molecular weight excluding hydrogens is 439 g/mol. The third-order valence-corrected chi connectivity index (χ3v) is 5.77. The van der Waals surface area contributed by atoms with E-state index in [2.05, 4.69) is 44.3 Å². The number of halogens is 3. The molecule has 2 aromatic heterocycles. The number of carbonyl (C=O) groups excluding carboxylic acids is 1. The van der Waals surface area contributed by atoms with Gasteiger partial charge in [0.15, 0.2) is 0 Å². The van der Waals surface area contributed by atoms with Gasteiger partial charge in [-0.1, -0.05) is 0 Å². The van der Waals surface area contributed by atoms with Gasteiger partial charge in [0.25, 0.3) is 0 Å². The predicted molar refractivity (Wildman–Crippen MR) is 114 cm³/mol. The van der Waals surface area contributed by atoms with Gasteiger partial charge >= 0.3 is 12.1 Å². The van der Waals surface area contributed by atoms with Crippen LogP contribution in [0, 0.1) is 18.8 Å². The summed E-state index contributed by atoms with van der Waals surface area (Å²) >= 11 is 0. The van der Waals surface area contributed by atoms with E-state index in [4.69, 9.17) is 9.90 Å². The Balaban J connectivity index is 0.000000383. The van der Waals surface area contributed by atoms with Crippen molar-refractivity contribution in [3.63, 3.8) is 0 Å². The van der Waals surface area contributed by atoms with Crippen LogP contribution in [0.2, 0.25) is 0 Å². The predicted octanol–water partition coefficient (Wildman–Crippen LogP) is 2.71. The fourth-order valence-corrected chi connectivity index (χ4v) is 3.97. The zero-order valence-corrected chi connectivity index (χ0v) is 18.8. The van der Waals surface area contributed by atoms with Gasteiger partial charge in [-0.3, -0.25) is 14.4 Å². The van der Waals surface area contributed by atoms with Crippen molar-refractivity contribution in [2.75, 3.05) is 13.1 Å². The van der Waals surface area contributed by atoms with Crippen LogP contribution in [0.5, 0.6) is 0 Å². The summed E-state index contributed by atoms with van der Waals surface area (Å²) in [6.45, 7) is 6.52. The van der Waals surface area contributed by atoms with E-state index in [1.54, 1.807) is 0 Å². The first-order valence-corrected chi connectivity index (χ1v) is 10.9. The third-order valence-electron chi connectivity index (χ3n) is 5.77. The topological polar surface area (TPSA) is 92.4 Å². The highest BCUT2D eigenvalue weighted by molar-refractivity contribution is 5.76. The number of amides is 1. The molecule has 1 aliphatic heterocycles. The Morgan fingerprint density at radius 2 is 1.94 bits per heavy atom. The molecular formula is C22H30F3N5O3. The highest BCUT2D eigenvalue weighted by atomic mass is 19.4. The molecule has 8 nitrogen and oxygen atoms in total. The van der Waals surface area contributed by atoms with Gasteiger partial charge in [-0.25, -0.2) is 4.79 Å². The molecule has 1 amide bonds. The van der Waals surface area contributed by atoms with Gasteiger partial charge in [0.1, 0.15) is 0 Å². The minimum atomic E-state index is -5.08. The van der Waals surface area contributed by atoms with Crippen molar-refractivity contribution >= 4 is 11.9 Å². The van der Waals surface area contributed by atoms with E-state index in [1.165, 1.54) is 24.2 Å². The Bertz CT molecular complexity index is 965. The molecule has 0 spiro atoms. The van der Waals surface area contributed by atoms with Crippen LogP contribution >= 0.6 is 0 Å². The number of carboxylic acids is 1. The molecule has 1 atom stereocenters. The third kappa shape index (κ3) is 7.62. The largest absolute Gasteiger partial charge is 0.490 e. The molecule has 1 saturated carbocycles. The summed E-state index contributed by atoms with van der Waals surface area (Å²) in [7, 11) is 2.01. The molecule has 2 aliphatic rings. The second-order valence-electron chi connectivity index (χ2n) is 8.84. The Hall–Kier alpha value is -2.82. The van der Waals surface area contributed by atoms with Crippen molar-refractivity contribution in [1.82, 2.24) is 24.6 Å². The first-order valence-electron chi connectivity index (χ1n) is 10.9. The molecule has 4 rings (SSSR count). The molecule has 1 fully saturated rings. The van der Waals surface area contributed by atoms with Crippen LogP contribution in [0.15, 0.2) is 24.4 Å². The number of hydrogen-bond donors (Lipinski definition) is 2. The van der Waals surface area contributed by atoms with E-state index in [-0.39, 0.29) is 5.91 Å². The smallest absolute Gasteiger partial charge is 0.475 e. The van der Waals surface area contributed by atoms with Gasteiger partial charge in [0.05, 0.1) is 11.4 Å². The van der Waals surface area contributed by atoms with Crippen molar-refractivity contribution in [2.45, 2.75) is 52.0 Å². The first kappa shape index (κ1) is 24.8. The lowest BCUT2D eigenvalue weighted by Crippen LogP contribution is -2.33. The summed E-state index contributed by atoms with van der Waals surface area (Å²) in [5.74, 6) is -1.49. The van der Waals surface area contributed by atoms with Crippen LogP contribution in [-0.4, -0.2) is 55.5 Å². The normalized spacial score (nSPS) is 18.6. The summed E-state index contributed by atoms with van der Waals surface area (Å²) in [5.41, 5.74) is 3.60. The van der Waals surface area contributed by atoms with E-state index in [1.807, 2.05) is 18.7 Å². The molecule has 0 bridgehead atoms. The van der Waals surface area contributed by atoms with Crippen LogP contribution in [0.25, 0.3) is 0 Å². The Morgan fingerprint density at radius 1 is 1.24 bits per heavy atom. The number of rotatable bonds is 6. The van der Waals surface area contributed by atoms with E-state index in [0.717, 1.165) is 44.3 Å². The molecule has 2 aromatic rings. The summed E-state index contributed by atoms with van der Waals surface area (Å²) in [4.78, 5) is 23.7. The molecule has 11 heteroatoms. The van der Waals surface area contributed by atoms with Gasteiger partial charge in [-0.05, 0) is 49.8 Å². The molecule has 0 aromatic carbocycles. The number of aryl methyl sites for hydroxylation is 2. The summed E-state index contributed by atoms with van der Waals surface area (Å²) in [6.07, 6.45) is 0.204. The van der Waals surface area contributed by atoms with Crippen LogP contribution < -0.4 is 5.32 Å². The standard InChI is InChI=1S/C20H29N5O.C2HF3O2/c1-15-8-19(23(2)22-15)14-24-11-17(9-20(26)21-10-16-5-6-16)12-25-7-3-4-18(25)13-24;3-2(4,5)1(6)7/h3-4,7-8,16-17H,5-6,9-14H2,1-2H3,(H,21,26);(H,6,7). The van der Waals surface area contributed by atoms with E-state index in [0.29, 0.717) is 12.3 Å². The highest BCUT2D eigenvalue weighted by Crippen LogP contribution is 2.28. The highest BCUT2D eigenvalue weighted by Gasteiger charge is 2.38. The second kappa shape index (κ2) is 10.4. The lowest BCUT2D eigenvalue weighted by Gasteiger charge is -2.23. The molecule has 33 heavy (non-hydrogen) atoms. The molecule has 0 radical (unpaired) electrons. The SMILES string of the molecule is Cc1cc(CN2Cc3cccn3CC(CC(=O)NCC3CC3)C2)n(C)n1.O=C(O)C(F)(F)F. The van der Waals surface area contributed by atoms with Crippen molar-refractivity contribution in [3.05, 3.63) is 41.5 Å². The Labute approximate surface area is 190 Å². The van der Waals surface area contributed by atoms with Crippen molar-refractivity contribution in [3.8, 4) is 0 Å². The monoisotopic (exact) mass is 469 g/mol. The Morgan fingerprint density at radius 3 is 2.52 bits per heavy atom. The zero-order valence-electron chi connectivity index (χ0n) is 18.8. The number of carboxylic acid groups (broad SMARTS) is 1. The number of aromatic nitrogens is 3. The van der Waals surface area contributed by atoms with Gasteiger partial charge in [-0.15, -0.1) is 0 Å². The molecule has 2 N–H and O–H groups in total. The number of alkyl halides is 3. The van der Waals surface area contributed by atoms with E-state index in [9.17, 15) is 18.0 Å². The quantitative estimate of drug-likeness (QED) is 0.679. The van der Waals surface area contributed by atoms with Crippen molar-refractivity contribution in [2.24, 2.45) is 18.9 Å². The minimum absolute atomic E-state index is 0.203. The van der Waals surface area contributed by atoms with Gasteiger partial charge in [0, 0.05) is 58.1 Å². The fourth-order valence-electron chi connectivity index (χ4n) is 3.97. The number of aliphatic carboxylic acids is 1. The maximum atomic E-state index is 12.4. The number of hydrogen-bond acceptors (Lipinski definition) is 4. The molecule has 1 aliphatic carbocycles. The lowest BCUT2D eigenvalue weighted by molar-refractivity contribution is -0.192. The van der Waals surface area contributed by atoms with Gasteiger partial charge in [-0.2, -0.15) is 18.3 Å². The number of fused-ring (bicyclic) bond motifs is 1. The summed E-state index contributed by atoms with van der Waals surface area (Å²) < 4.78 is 36.0. The van der Waals surface area contributed by atoms with Crippen LogP contribution in [-0.2, 0) is 36.3 Å². The molecule has 3 heterocycles. The molecule has 182 valence electrons. The number of nitrogens with one attached hydrogen (secondary N) is 1. The molecule has 1 unspecified atom stereocenters. The zero-order chi connectivity index (χ0) is 24.2. The second-order valence-corrected chi connectivity index (χ2v) is 8.84. The minimum Gasteiger partial charge on any atom is -0.475 e. The van der Waals surface area contributed by atoms with Crippen LogP contribution in [0.1, 0.15) is 36.3 Å². The summed E-state index contributed by atoms with van der Waals surface area (Å²) in [5, 5.41) is 14.7. The maximum Gasteiger partial charge on any atom is 0.490 e. The first-order chi connectivity index (χ1) is 15.5. The van der Waals surface area contributed by atoms with Crippen molar-refractivity contribution < 1.29 is 27.9 Å². The van der Waals surface area contributed by atoms with E-state index < -0.39 is 12.1 Å². The average Bonchev–Trinajstić information content (AvgIpc) is 3.40. The van der Waals surface area contributed by atoms with Crippen LogP contribution in [0.4, 0.5) is 13.2 Å². The average molecular weight is 470 g/mol. The lowest BCUT2D eigenvalue weighted by atomic mass is 10.0. The fraction of sp³-hybridized carbons (Fsp3) is 0.591. The van der Waals surface area contributed by atoms with E-state index >= 15 is 0 Å². The summed E-state index contributed by atoms with van der Waals surface area (Å²) in [6, 6.07) is 6.45. The maximum absolute atomic E-state index is 12.4. The number of carbonyl (C=O) groups is 2. The number of nitrogens with zero attached hydrogens (tertiary/aromatic N) is 4. The van der Waals surface area contributed by atoms with Crippen molar-refractivity contribution in [1.29, 1.82) is 0 Å². The van der Waals surface area contributed by atoms with Crippen LogP contribution in [0.3, 0.4) is 0 Å². The van der Waals surface area contributed by atoms with Gasteiger partial charge < -0.3 is 15.0 Å². The Kier molecular flexibility index (Phi) is 7.83.